The minimum atomic E-state index is -3.55. The summed E-state index contributed by atoms with van der Waals surface area (Å²) in [5, 5.41) is 3.08. The van der Waals surface area contributed by atoms with Crippen LogP contribution in [-0.4, -0.2) is 33.7 Å². The minimum absolute atomic E-state index is 0.0207. The summed E-state index contributed by atoms with van der Waals surface area (Å²) in [5.41, 5.74) is 1.78. The fraction of sp³-hybridized carbons (Fsp3) is 0.278. The number of carbonyl (C=O) groups excluding carboxylic acids is 1. The number of anilines is 1. The summed E-state index contributed by atoms with van der Waals surface area (Å²) >= 11 is 5.98. The van der Waals surface area contributed by atoms with Crippen molar-refractivity contribution < 1.29 is 17.6 Å². The SMILES string of the molecule is Cc1ccc(Cl)cc1N(CCNC(=O)Cc1cccc(F)c1)S(C)(=O)=O. The van der Waals surface area contributed by atoms with Crippen LogP contribution in [0.1, 0.15) is 11.1 Å². The summed E-state index contributed by atoms with van der Waals surface area (Å²) in [6, 6.07) is 10.8. The molecule has 0 atom stereocenters. The van der Waals surface area contributed by atoms with Crippen molar-refractivity contribution in [2.45, 2.75) is 13.3 Å². The molecule has 2 aromatic rings. The van der Waals surface area contributed by atoms with Crippen molar-refractivity contribution in [3.8, 4) is 0 Å². The van der Waals surface area contributed by atoms with Crippen LogP contribution in [-0.2, 0) is 21.2 Å². The summed E-state index contributed by atoms with van der Waals surface area (Å²) in [7, 11) is -3.55. The standard InChI is InChI=1S/C18H20ClFN2O3S/c1-13-6-7-15(19)12-17(13)22(26(2,24)25)9-8-21-18(23)11-14-4-3-5-16(20)10-14/h3-7,10,12H,8-9,11H2,1-2H3,(H,21,23). The third-order valence-electron chi connectivity index (χ3n) is 3.73. The van der Waals surface area contributed by atoms with E-state index < -0.39 is 15.8 Å². The van der Waals surface area contributed by atoms with Crippen LogP contribution >= 0.6 is 11.6 Å². The highest BCUT2D eigenvalue weighted by Crippen LogP contribution is 2.25. The van der Waals surface area contributed by atoms with Crippen molar-refractivity contribution >= 4 is 33.2 Å². The second-order valence-corrected chi connectivity index (χ2v) is 8.27. The molecule has 0 unspecified atom stereocenters. The summed E-state index contributed by atoms with van der Waals surface area (Å²) in [4.78, 5) is 12.0. The molecule has 0 radical (unpaired) electrons. The van der Waals surface area contributed by atoms with E-state index in [-0.39, 0.29) is 25.4 Å². The van der Waals surface area contributed by atoms with E-state index in [9.17, 15) is 17.6 Å². The number of benzene rings is 2. The highest BCUT2D eigenvalue weighted by Gasteiger charge is 2.19. The Kier molecular flexibility index (Phi) is 6.61. The van der Waals surface area contributed by atoms with Crippen molar-refractivity contribution in [2.24, 2.45) is 0 Å². The molecule has 0 bridgehead atoms. The van der Waals surface area contributed by atoms with Gasteiger partial charge in [-0.3, -0.25) is 9.10 Å². The number of hydrogen-bond donors (Lipinski definition) is 1. The van der Waals surface area contributed by atoms with E-state index in [1.165, 1.54) is 22.5 Å². The van der Waals surface area contributed by atoms with Gasteiger partial charge in [0.1, 0.15) is 5.82 Å². The van der Waals surface area contributed by atoms with Gasteiger partial charge in [-0.15, -0.1) is 0 Å². The van der Waals surface area contributed by atoms with Gasteiger partial charge in [-0.25, -0.2) is 12.8 Å². The topological polar surface area (TPSA) is 66.5 Å². The quantitative estimate of drug-likeness (QED) is 0.779. The Morgan fingerprint density at radius 1 is 1.23 bits per heavy atom. The second kappa shape index (κ2) is 8.51. The minimum Gasteiger partial charge on any atom is -0.354 e. The molecule has 2 aromatic carbocycles. The first kappa shape index (κ1) is 20.2. The third kappa shape index (κ3) is 5.71. The summed E-state index contributed by atoms with van der Waals surface area (Å²) in [6.45, 7) is 1.97. The summed E-state index contributed by atoms with van der Waals surface area (Å²) < 4.78 is 38.6. The van der Waals surface area contributed by atoms with Gasteiger partial charge >= 0.3 is 0 Å². The van der Waals surface area contributed by atoms with E-state index in [0.29, 0.717) is 16.3 Å². The van der Waals surface area contributed by atoms with Crippen LogP contribution in [0.3, 0.4) is 0 Å². The van der Waals surface area contributed by atoms with Crippen molar-refractivity contribution in [1.29, 1.82) is 0 Å². The number of rotatable bonds is 7. The van der Waals surface area contributed by atoms with E-state index in [2.05, 4.69) is 5.32 Å². The van der Waals surface area contributed by atoms with E-state index in [0.717, 1.165) is 11.8 Å². The molecule has 0 fully saturated rings. The summed E-state index contributed by atoms with van der Waals surface area (Å²) in [5.74, 6) is -0.721. The molecule has 140 valence electrons. The van der Waals surface area contributed by atoms with Gasteiger partial charge in [0.2, 0.25) is 15.9 Å². The van der Waals surface area contributed by atoms with E-state index >= 15 is 0 Å². The normalized spacial score (nSPS) is 11.2. The number of nitrogens with one attached hydrogen (secondary N) is 1. The first-order chi connectivity index (χ1) is 12.2. The molecule has 1 amide bonds. The van der Waals surface area contributed by atoms with E-state index in [1.807, 2.05) is 0 Å². The van der Waals surface area contributed by atoms with Crippen LogP contribution in [0.15, 0.2) is 42.5 Å². The zero-order chi connectivity index (χ0) is 19.3. The second-order valence-electron chi connectivity index (χ2n) is 5.92. The van der Waals surface area contributed by atoms with Gasteiger partial charge in [0.25, 0.3) is 0 Å². The molecule has 0 aliphatic carbocycles. The van der Waals surface area contributed by atoms with Crippen molar-refractivity contribution in [1.82, 2.24) is 5.32 Å². The van der Waals surface area contributed by atoms with Crippen LogP contribution in [0.25, 0.3) is 0 Å². The number of hydrogen-bond acceptors (Lipinski definition) is 3. The maximum atomic E-state index is 13.1. The Hall–Kier alpha value is -2.12. The van der Waals surface area contributed by atoms with Gasteiger partial charge in [-0.1, -0.05) is 29.8 Å². The molecule has 1 N–H and O–H groups in total. The molecular weight excluding hydrogens is 379 g/mol. The molecular formula is C18H20ClFN2O3S. The molecule has 0 saturated carbocycles. The Bertz CT molecular complexity index is 903. The molecule has 0 aliphatic rings. The van der Waals surface area contributed by atoms with Gasteiger partial charge in [0.05, 0.1) is 24.9 Å². The maximum absolute atomic E-state index is 13.1. The molecule has 8 heteroatoms. The Labute approximate surface area is 157 Å². The van der Waals surface area contributed by atoms with Gasteiger partial charge in [-0.2, -0.15) is 0 Å². The van der Waals surface area contributed by atoms with Crippen LogP contribution in [0.4, 0.5) is 10.1 Å². The molecule has 0 spiro atoms. The molecule has 2 rings (SSSR count). The Morgan fingerprint density at radius 2 is 1.96 bits per heavy atom. The van der Waals surface area contributed by atoms with E-state index in [4.69, 9.17) is 11.6 Å². The average molecular weight is 399 g/mol. The fourth-order valence-electron chi connectivity index (χ4n) is 2.51. The summed E-state index contributed by atoms with van der Waals surface area (Å²) in [6.07, 6.45) is 1.12. The monoisotopic (exact) mass is 398 g/mol. The van der Waals surface area contributed by atoms with Gasteiger partial charge < -0.3 is 5.32 Å². The lowest BCUT2D eigenvalue weighted by Gasteiger charge is -2.24. The lowest BCUT2D eigenvalue weighted by Crippen LogP contribution is -2.39. The Balaban J connectivity index is 2.02. The highest BCUT2D eigenvalue weighted by atomic mass is 35.5. The molecule has 26 heavy (non-hydrogen) atoms. The van der Waals surface area contributed by atoms with Crippen molar-refractivity contribution in [3.05, 3.63) is 64.4 Å². The molecule has 0 heterocycles. The highest BCUT2D eigenvalue weighted by molar-refractivity contribution is 7.92. The smallest absolute Gasteiger partial charge is 0.232 e. The van der Waals surface area contributed by atoms with Crippen LogP contribution < -0.4 is 9.62 Å². The Morgan fingerprint density at radius 3 is 2.62 bits per heavy atom. The number of halogens is 2. The van der Waals surface area contributed by atoms with Gasteiger partial charge in [-0.05, 0) is 42.3 Å². The zero-order valence-corrected chi connectivity index (χ0v) is 16.1. The largest absolute Gasteiger partial charge is 0.354 e. The number of amides is 1. The van der Waals surface area contributed by atoms with Crippen LogP contribution in [0.2, 0.25) is 5.02 Å². The van der Waals surface area contributed by atoms with Crippen molar-refractivity contribution in [2.75, 3.05) is 23.7 Å². The number of carbonyl (C=O) groups is 1. The maximum Gasteiger partial charge on any atom is 0.232 e. The molecule has 0 aliphatic heterocycles. The van der Waals surface area contributed by atoms with Crippen LogP contribution in [0, 0.1) is 12.7 Å². The number of aryl methyl sites for hydroxylation is 1. The lowest BCUT2D eigenvalue weighted by molar-refractivity contribution is -0.120. The first-order valence-electron chi connectivity index (χ1n) is 7.92. The molecule has 5 nitrogen and oxygen atoms in total. The number of nitrogens with zero attached hydrogens (tertiary/aromatic N) is 1. The van der Waals surface area contributed by atoms with Gasteiger partial charge in [0, 0.05) is 11.6 Å². The molecule has 0 saturated heterocycles. The predicted molar refractivity (Wildman–Crippen MR) is 101 cm³/mol. The van der Waals surface area contributed by atoms with Crippen molar-refractivity contribution in [3.63, 3.8) is 0 Å². The van der Waals surface area contributed by atoms with E-state index in [1.54, 1.807) is 31.2 Å². The molecule has 0 aromatic heterocycles. The van der Waals surface area contributed by atoms with Crippen LogP contribution in [0.5, 0.6) is 0 Å². The van der Waals surface area contributed by atoms with Gasteiger partial charge in [0.15, 0.2) is 0 Å². The third-order valence-corrected chi connectivity index (χ3v) is 5.15. The lowest BCUT2D eigenvalue weighted by atomic mass is 10.1. The number of sulfonamides is 1. The predicted octanol–water partition coefficient (Wildman–Crippen LogP) is 2.91. The average Bonchev–Trinajstić information content (AvgIpc) is 2.53. The fourth-order valence-corrected chi connectivity index (χ4v) is 3.65. The first-order valence-corrected chi connectivity index (χ1v) is 10.1. The zero-order valence-electron chi connectivity index (χ0n) is 14.5.